The van der Waals surface area contributed by atoms with Crippen LogP contribution in [0.5, 0.6) is 11.5 Å². The lowest BCUT2D eigenvalue weighted by atomic mass is 10.1. The number of carbonyl (C=O) groups is 1. The topological polar surface area (TPSA) is 89.5 Å². The van der Waals surface area contributed by atoms with E-state index in [2.05, 4.69) is 20.3 Å². The molecule has 2 aromatic carbocycles. The summed E-state index contributed by atoms with van der Waals surface area (Å²) in [5.74, 6) is 2.47. The van der Waals surface area contributed by atoms with Crippen molar-refractivity contribution >= 4 is 18.0 Å². The summed E-state index contributed by atoms with van der Waals surface area (Å²) in [7, 11) is 0. The van der Waals surface area contributed by atoms with Crippen LogP contribution in [-0.2, 0) is 11.3 Å². The molecule has 0 radical (unpaired) electrons. The standard InChI is InChI=1S/C22H23N5O3/c1-15(2)19-13-29-22(28)27(19)21-25-14-24-20(26-21)23-12-16-8-10-18(11-9-16)30-17-6-4-3-5-7-17/h3-11,14-15,19H,12-13H2,1-2H3,(H,23,24,25,26). The number of nitrogens with one attached hydrogen (secondary N) is 1. The Kier molecular flexibility index (Phi) is 5.74. The lowest BCUT2D eigenvalue weighted by molar-refractivity contribution is 0.177. The van der Waals surface area contributed by atoms with E-state index >= 15 is 0 Å². The van der Waals surface area contributed by atoms with Gasteiger partial charge in [0.15, 0.2) is 0 Å². The fourth-order valence-corrected chi connectivity index (χ4v) is 3.13. The molecule has 1 amide bonds. The predicted molar refractivity (Wildman–Crippen MR) is 113 cm³/mol. The molecule has 0 aliphatic carbocycles. The van der Waals surface area contributed by atoms with Crippen LogP contribution in [0.2, 0.25) is 0 Å². The monoisotopic (exact) mass is 405 g/mol. The number of para-hydroxylation sites is 1. The summed E-state index contributed by atoms with van der Waals surface area (Å²) in [6.45, 7) is 4.92. The van der Waals surface area contributed by atoms with Crippen LogP contribution >= 0.6 is 0 Å². The van der Waals surface area contributed by atoms with Crippen molar-refractivity contribution in [2.45, 2.75) is 26.4 Å². The van der Waals surface area contributed by atoms with Crippen LogP contribution in [0.15, 0.2) is 60.9 Å². The highest BCUT2D eigenvalue weighted by molar-refractivity contribution is 5.88. The SMILES string of the molecule is CC(C)C1COC(=O)N1c1ncnc(NCc2ccc(Oc3ccccc3)cc2)n1. The Labute approximate surface area is 174 Å². The van der Waals surface area contributed by atoms with Gasteiger partial charge in [-0.25, -0.2) is 19.7 Å². The first-order valence-corrected chi connectivity index (χ1v) is 9.81. The zero-order chi connectivity index (χ0) is 20.9. The van der Waals surface area contributed by atoms with E-state index in [-0.39, 0.29) is 12.0 Å². The molecule has 30 heavy (non-hydrogen) atoms. The number of benzene rings is 2. The van der Waals surface area contributed by atoms with Gasteiger partial charge in [-0.15, -0.1) is 0 Å². The minimum atomic E-state index is -0.431. The number of rotatable bonds is 7. The van der Waals surface area contributed by atoms with Crippen LogP contribution in [-0.4, -0.2) is 33.7 Å². The lowest BCUT2D eigenvalue weighted by Gasteiger charge is -2.22. The van der Waals surface area contributed by atoms with E-state index in [1.54, 1.807) is 0 Å². The predicted octanol–water partition coefficient (Wildman–Crippen LogP) is 4.26. The van der Waals surface area contributed by atoms with Crippen molar-refractivity contribution in [3.8, 4) is 11.5 Å². The number of aromatic nitrogens is 3. The van der Waals surface area contributed by atoms with Crippen LogP contribution in [0.1, 0.15) is 19.4 Å². The molecule has 1 atom stereocenters. The summed E-state index contributed by atoms with van der Waals surface area (Å²) >= 11 is 0. The maximum Gasteiger partial charge on any atom is 0.417 e. The Morgan fingerprint density at radius 3 is 2.57 bits per heavy atom. The molecular weight excluding hydrogens is 382 g/mol. The average Bonchev–Trinajstić information content (AvgIpc) is 3.16. The van der Waals surface area contributed by atoms with E-state index in [0.29, 0.717) is 25.0 Å². The summed E-state index contributed by atoms with van der Waals surface area (Å²) in [6.07, 6.45) is 0.963. The van der Waals surface area contributed by atoms with E-state index in [9.17, 15) is 4.79 Å². The van der Waals surface area contributed by atoms with E-state index in [1.807, 2.05) is 68.4 Å². The van der Waals surface area contributed by atoms with Gasteiger partial charge in [-0.1, -0.05) is 44.2 Å². The van der Waals surface area contributed by atoms with Gasteiger partial charge in [0.05, 0.1) is 6.04 Å². The Bertz CT molecular complexity index is 995. The average molecular weight is 405 g/mol. The van der Waals surface area contributed by atoms with Gasteiger partial charge >= 0.3 is 6.09 Å². The number of hydrogen-bond donors (Lipinski definition) is 1. The van der Waals surface area contributed by atoms with Crippen LogP contribution < -0.4 is 15.0 Å². The molecule has 2 heterocycles. The second kappa shape index (κ2) is 8.77. The third kappa shape index (κ3) is 4.48. The summed E-state index contributed by atoms with van der Waals surface area (Å²) in [5.41, 5.74) is 1.04. The summed E-state index contributed by atoms with van der Waals surface area (Å²) in [5, 5.41) is 3.17. The van der Waals surface area contributed by atoms with Crippen LogP contribution in [0.4, 0.5) is 16.7 Å². The molecule has 8 heteroatoms. The smallest absolute Gasteiger partial charge is 0.417 e. The fourth-order valence-electron chi connectivity index (χ4n) is 3.13. The number of hydrogen-bond acceptors (Lipinski definition) is 7. The first kappa shape index (κ1) is 19.6. The number of anilines is 2. The normalized spacial score (nSPS) is 15.9. The van der Waals surface area contributed by atoms with Crippen molar-refractivity contribution in [1.29, 1.82) is 0 Å². The zero-order valence-corrected chi connectivity index (χ0v) is 16.9. The number of carbonyl (C=O) groups excluding carboxylic acids is 1. The molecule has 1 saturated heterocycles. The first-order valence-electron chi connectivity index (χ1n) is 9.81. The molecule has 1 aliphatic heterocycles. The second-order valence-electron chi connectivity index (χ2n) is 7.28. The quantitative estimate of drug-likeness (QED) is 0.628. The minimum absolute atomic E-state index is 0.0927. The van der Waals surface area contributed by atoms with Crippen molar-refractivity contribution in [3.63, 3.8) is 0 Å². The third-order valence-corrected chi connectivity index (χ3v) is 4.80. The third-order valence-electron chi connectivity index (χ3n) is 4.80. The van der Waals surface area contributed by atoms with Crippen LogP contribution in [0.25, 0.3) is 0 Å². The molecule has 1 fully saturated rings. The number of ether oxygens (including phenoxy) is 2. The van der Waals surface area contributed by atoms with Crippen molar-refractivity contribution in [2.24, 2.45) is 5.92 Å². The van der Waals surface area contributed by atoms with E-state index in [0.717, 1.165) is 17.1 Å². The largest absolute Gasteiger partial charge is 0.457 e. The number of amides is 1. The Hall–Kier alpha value is -3.68. The van der Waals surface area contributed by atoms with Gasteiger partial charge in [0.2, 0.25) is 11.9 Å². The van der Waals surface area contributed by atoms with Gasteiger partial charge in [0, 0.05) is 6.54 Å². The van der Waals surface area contributed by atoms with Crippen LogP contribution in [0.3, 0.4) is 0 Å². The molecule has 1 aliphatic rings. The summed E-state index contributed by atoms with van der Waals surface area (Å²) in [6, 6.07) is 17.3. The van der Waals surface area contributed by atoms with Gasteiger partial charge < -0.3 is 14.8 Å². The van der Waals surface area contributed by atoms with E-state index < -0.39 is 6.09 Å². The molecule has 154 valence electrons. The Morgan fingerprint density at radius 1 is 1.10 bits per heavy atom. The number of nitrogens with zero attached hydrogens (tertiary/aromatic N) is 4. The molecule has 1 N–H and O–H groups in total. The summed E-state index contributed by atoms with van der Waals surface area (Å²) in [4.78, 5) is 26.3. The maximum absolute atomic E-state index is 12.1. The first-order chi connectivity index (χ1) is 14.6. The van der Waals surface area contributed by atoms with Crippen LogP contribution in [0, 0.1) is 5.92 Å². The van der Waals surface area contributed by atoms with E-state index in [4.69, 9.17) is 9.47 Å². The highest BCUT2D eigenvalue weighted by Crippen LogP contribution is 2.25. The lowest BCUT2D eigenvalue weighted by Crippen LogP contribution is -2.38. The number of cyclic esters (lactones) is 1. The van der Waals surface area contributed by atoms with Crippen molar-refractivity contribution in [2.75, 3.05) is 16.8 Å². The molecule has 1 aromatic heterocycles. The molecule has 4 rings (SSSR count). The fraction of sp³-hybridized carbons (Fsp3) is 0.273. The molecule has 8 nitrogen and oxygen atoms in total. The van der Waals surface area contributed by atoms with Crippen molar-refractivity contribution in [3.05, 3.63) is 66.5 Å². The molecule has 3 aromatic rings. The molecule has 0 bridgehead atoms. The Morgan fingerprint density at radius 2 is 1.83 bits per heavy atom. The summed E-state index contributed by atoms with van der Waals surface area (Å²) < 4.78 is 11.0. The van der Waals surface area contributed by atoms with Crippen molar-refractivity contribution < 1.29 is 14.3 Å². The van der Waals surface area contributed by atoms with Gasteiger partial charge in [-0.05, 0) is 35.7 Å². The van der Waals surface area contributed by atoms with Gasteiger partial charge in [-0.3, -0.25) is 0 Å². The second-order valence-corrected chi connectivity index (χ2v) is 7.28. The molecule has 0 spiro atoms. The molecular formula is C22H23N5O3. The maximum atomic E-state index is 12.1. The highest BCUT2D eigenvalue weighted by atomic mass is 16.6. The Balaban J connectivity index is 1.39. The highest BCUT2D eigenvalue weighted by Gasteiger charge is 2.38. The van der Waals surface area contributed by atoms with Crippen molar-refractivity contribution in [1.82, 2.24) is 15.0 Å². The minimum Gasteiger partial charge on any atom is -0.457 e. The van der Waals surface area contributed by atoms with Gasteiger partial charge in [-0.2, -0.15) is 4.98 Å². The zero-order valence-electron chi connectivity index (χ0n) is 16.9. The van der Waals surface area contributed by atoms with Gasteiger partial charge in [0.1, 0.15) is 24.4 Å². The van der Waals surface area contributed by atoms with Gasteiger partial charge in [0.25, 0.3) is 0 Å². The molecule has 0 saturated carbocycles. The molecule has 1 unspecified atom stereocenters. The van der Waals surface area contributed by atoms with E-state index in [1.165, 1.54) is 11.2 Å².